The third-order valence-electron chi connectivity index (χ3n) is 5.03. The summed E-state index contributed by atoms with van der Waals surface area (Å²) in [5.41, 5.74) is 1.07. The van der Waals surface area contributed by atoms with Crippen LogP contribution >= 0.6 is 12.6 Å². The average Bonchev–Trinajstić information content (AvgIpc) is 3.17. The van der Waals surface area contributed by atoms with Gasteiger partial charge in [-0.2, -0.15) is 12.6 Å². The number of hydrogen-bond acceptors (Lipinski definition) is 5. The second-order valence-corrected chi connectivity index (χ2v) is 7.57. The number of nitrogens with one attached hydrogen (secondary N) is 3. The topological polar surface area (TPSA) is 94.2 Å². The molecule has 0 aliphatic carbocycles. The minimum Gasteiger partial charge on any atom is -0.393 e. The number of carbonyl (C=O) groups excluding carboxylic acids is 2. The smallest absolute Gasteiger partial charge is 0.238 e. The van der Waals surface area contributed by atoms with Crippen molar-refractivity contribution in [2.24, 2.45) is 0 Å². The van der Waals surface area contributed by atoms with Crippen molar-refractivity contribution in [2.45, 2.75) is 24.5 Å². The van der Waals surface area contributed by atoms with E-state index in [4.69, 9.17) is 0 Å². The lowest BCUT2D eigenvalue weighted by molar-refractivity contribution is -0.129. The Balaban J connectivity index is 1.71. The monoisotopic (exact) mass is 429 g/mol. The maximum Gasteiger partial charge on any atom is 0.238 e. The van der Waals surface area contributed by atoms with Gasteiger partial charge in [-0.05, 0) is 29.3 Å². The zero-order valence-corrected chi connectivity index (χ0v) is 17.2. The molecule has 2 atom stereocenters. The molecule has 0 aliphatic rings. The van der Waals surface area contributed by atoms with Crippen molar-refractivity contribution in [3.8, 4) is 0 Å². The highest BCUT2D eigenvalue weighted by molar-refractivity contribution is 7.80. The Hall–Kier alpha value is -2.68. The van der Waals surface area contributed by atoms with Gasteiger partial charge in [-0.15, -0.1) is 0 Å². The molecule has 0 saturated carbocycles. The molecule has 8 heteroatoms. The van der Waals surface area contributed by atoms with Crippen LogP contribution in [-0.4, -0.2) is 46.2 Å². The Kier molecular flexibility index (Phi) is 7.25. The second-order valence-electron chi connectivity index (χ2n) is 7.20. The first-order valence-electron chi connectivity index (χ1n) is 9.53. The highest BCUT2D eigenvalue weighted by Crippen LogP contribution is 2.22. The first-order valence-corrected chi connectivity index (χ1v) is 10.2. The third kappa shape index (κ3) is 5.08. The SMILES string of the molecule is O=C[C@](CO)(Cc1c[nH]c2ccccc12)NC(=O)[C@H](CS)NCc1ccc(F)cc1. The van der Waals surface area contributed by atoms with E-state index in [1.807, 2.05) is 24.3 Å². The number of thiol groups is 1. The Bertz CT molecular complexity index is 1010. The number of aromatic nitrogens is 1. The van der Waals surface area contributed by atoms with E-state index in [1.165, 1.54) is 12.1 Å². The number of benzene rings is 2. The molecule has 158 valence electrons. The number of aliphatic hydroxyl groups is 1. The van der Waals surface area contributed by atoms with Crippen LogP contribution in [0.5, 0.6) is 0 Å². The number of rotatable bonds is 10. The quantitative estimate of drug-likeness (QED) is 0.252. The molecule has 1 heterocycles. The molecule has 3 aromatic rings. The predicted octanol–water partition coefficient (Wildman–Crippen LogP) is 1.98. The van der Waals surface area contributed by atoms with E-state index in [0.717, 1.165) is 22.0 Å². The number of carbonyl (C=O) groups is 2. The number of aldehydes is 1. The largest absolute Gasteiger partial charge is 0.393 e. The van der Waals surface area contributed by atoms with Crippen molar-refractivity contribution in [3.05, 3.63) is 71.7 Å². The lowest BCUT2D eigenvalue weighted by Crippen LogP contribution is -2.59. The first kappa shape index (κ1) is 22.0. The van der Waals surface area contributed by atoms with Crippen LogP contribution in [-0.2, 0) is 22.6 Å². The minimum atomic E-state index is -1.46. The van der Waals surface area contributed by atoms with Crippen LogP contribution in [0.1, 0.15) is 11.1 Å². The fourth-order valence-electron chi connectivity index (χ4n) is 3.28. The van der Waals surface area contributed by atoms with Crippen LogP contribution in [0.25, 0.3) is 10.9 Å². The van der Waals surface area contributed by atoms with Crippen molar-refractivity contribution < 1.29 is 19.1 Å². The summed E-state index contributed by atoms with van der Waals surface area (Å²) in [6.45, 7) is -0.215. The first-order chi connectivity index (χ1) is 14.5. The molecule has 3 rings (SSSR count). The van der Waals surface area contributed by atoms with Crippen LogP contribution in [0.15, 0.2) is 54.7 Å². The number of amides is 1. The summed E-state index contributed by atoms with van der Waals surface area (Å²) in [5, 5.41) is 16.6. The lowest BCUT2D eigenvalue weighted by atomic mass is 9.92. The van der Waals surface area contributed by atoms with Crippen LogP contribution in [0.2, 0.25) is 0 Å². The molecule has 0 radical (unpaired) electrons. The van der Waals surface area contributed by atoms with E-state index in [-0.39, 0.29) is 18.0 Å². The molecule has 0 bridgehead atoms. The molecule has 4 N–H and O–H groups in total. The highest BCUT2D eigenvalue weighted by Gasteiger charge is 2.34. The average molecular weight is 430 g/mol. The van der Waals surface area contributed by atoms with Crippen molar-refractivity contribution in [1.29, 1.82) is 0 Å². The van der Waals surface area contributed by atoms with Crippen molar-refractivity contribution in [1.82, 2.24) is 15.6 Å². The predicted molar refractivity (Wildman–Crippen MR) is 117 cm³/mol. The Labute approximate surface area is 179 Å². The standard InChI is InChI=1S/C22H24FN3O3S/c23-17-7-5-15(6-8-17)10-24-20(12-30)21(29)26-22(13-27,14-28)9-16-11-25-19-4-2-1-3-18(16)19/h1-8,11,13,20,24-25,28,30H,9-10,12,14H2,(H,26,29)/t20-,22-/m0/s1. The zero-order valence-electron chi connectivity index (χ0n) is 16.3. The van der Waals surface area contributed by atoms with Gasteiger partial charge in [-0.25, -0.2) is 4.39 Å². The molecule has 0 unspecified atom stereocenters. The van der Waals surface area contributed by atoms with E-state index in [2.05, 4.69) is 28.2 Å². The summed E-state index contributed by atoms with van der Waals surface area (Å²) >= 11 is 4.22. The fourth-order valence-corrected chi connectivity index (χ4v) is 3.58. The van der Waals surface area contributed by atoms with Gasteiger partial charge in [-0.3, -0.25) is 4.79 Å². The van der Waals surface area contributed by atoms with Crippen LogP contribution in [0.4, 0.5) is 4.39 Å². The van der Waals surface area contributed by atoms with Gasteiger partial charge in [0.1, 0.15) is 17.6 Å². The van der Waals surface area contributed by atoms with Gasteiger partial charge in [-0.1, -0.05) is 30.3 Å². The number of para-hydroxylation sites is 1. The van der Waals surface area contributed by atoms with Crippen LogP contribution in [0.3, 0.4) is 0 Å². The number of fused-ring (bicyclic) bond motifs is 1. The fraction of sp³-hybridized carbons (Fsp3) is 0.273. The Morgan fingerprint density at radius 1 is 1.23 bits per heavy atom. The minimum absolute atomic E-state index is 0.139. The second kappa shape index (κ2) is 9.88. The maximum atomic E-state index is 13.0. The highest BCUT2D eigenvalue weighted by atomic mass is 32.1. The molecule has 6 nitrogen and oxygen atoms in total. The number of halogens is 1. The number of aromatic amines is 1. The number of hydrogen-bond donors (Lipinski definition) is 5. The molecule has 1 aromatic heterocycles. The van der Waals surface area contributed by atoms with E-state index < -0.39 is 24.1 Å². The van der Waals surface area contributed by atoms with E-state index >= 15 is 0 Å². The summed E-state index contributed by atoms with van der Waals surface area (Å²) in [7, 11) is 0. The van der Waals surface area contributed by atoms with Crippen molar-refractivity contribution >= 4 is 35.7 Å². The van der Waals surface area contributed by atoms with E-state index in [0.29, 0.717) is 12.8 Å². The van der Waals surface area contributed by atoms with Gasteiger partial charge in [0.15, 0.2) is 0 Å². The summed E-state index contributed by atoms with van der Waals surface area (Å²) in [5.74, 6) is -0.605. The third-order valence-corrected chi connectivity index (χ3v) is 5.39. The normalized spacial score (nSPS) is 14.2. The summed E-state index contributed by atoms with van der Waals surface area (Å²) in [6.07, 6.45) is 2.48. The van der Waals surface area contributed by atoms with E-state index in [1.54, 1.807) is 18.3 Å². The van der Waals surface area contributed by atoms with Gasteiger partial charge in [0.2, 0.25) is 5.91 Å². The molecule has 0 aliphatic heterocycles. The summed E-state index contributed by atoms with van der Waals surface area (Å²) in [6, 6.07) is 12.8. The number of H-pyrrole nitrogens is 1. The molecule has 30 heavy (non-hydrogen) atoms. The molecule has 0 spiro atoms. The Morgan fingerprint density at radius 3 is 2.63 bits per heavy atom. The van der Waals surface area contributed by atoms with E-state index in [9.17, 15) is 19.1 Å². The van der Waals surface area contributed by atoms with Crippen molar-refractivity contribution in [3.63, 3.8) is 0 Å². The molecule has 0 fully saturated rings. The van der Waals surface area contributed by atoms with Gasteiger partial charge in [0, 0.05) is 35.8 Å². The molecule has 1 amide bonds. The Morgan fingerprint density at radius 2 is 1.97 bits per heavy atom. The van der Waals surface area contributed by atoms with Crippen LogP contribution < -0.4 is 10.6 Å². The molecular formula is C22H24FN3O3S. The zero-order chi connectivity index (χ0) is 21.6. The van der Waals surface area contributed by atoms with Crippen LogP contribution in [0, 0.1) is 5.82 Å². The van der Waals surface area contributed by atoms with Gasteiger partial charge in [0.25, 0.3) is 0 Å². The molecule has 2 aromatic carbocycles. The maximum absolute atomic E-state index is 13.0. The van der Waals surface area contributed by atoms with Gasteiger partial charge in [0.05, 0.1) is 12.6 Å². The summed E-state index contributed by atoms with van der Waals surface area (Å²) < 4.78 is 13.0. The summed E-state index contributed by atoms with van der Waals surface area (Å²) in [4.78, 5) is 27.9. The molecular weight excluding hydrogens is 405 g/mol. The van der Waals surface area contributed by atoms with Gasteiger partial charge < -0.3 is 25.5 Å². The van der Waals surface area contributed by atoms with Gasteiger partial charge >= 0.3 is 0 Å². The number of aliphatic hydroxyl groups excluding tert-OH is 1. The molecule has 0 saturated heterocycles. The van der Waals surface area contributed by atoms with Crippen molar-refractivity contribution in [2.75, 3.05) is 12.4 Å². The lowest BCUT2D eigenvalue weighted by Gasteiger charge is -2.29.